The van der Waals surface area contributed by atoms with Gasteiger partial charge in [0.05, 0.1) is 19.9 Å². The number of amides is 1. The number of rotatable bonds is 7. The maximum atomic E-state index is 12.3. The number of hydrogen-bond donors (Lipinski definition) is 1. The molecule has 1 amide bonds. The van der Waals surface area contributed by atoms with Crippen molar-refractivity contribution in [3.05, 3.63) is 89.8 Å². The summed E-state index contributed by atoms with van der Waals surface area (Å²) >= 11 is 1.61. The Hall–Kier alpha value is -3.90. The molecule has 0 saturated heterocycles. The Morgan fingerprint density at radius 3 is 2.38 bits per heavy atom. The molecule has 4 aromatic rings. The van der Waals surface area contributed by atoms with Crippen molar-refractivity contribution in [1.82, 2.24) is 4.98 Å². The van der Waals surface area contributed by atoms with E-state index in [1.54, 1.807) is 37.7 Å². The van der Waals surface area contributed by atoms with Gasteiger partial charge in [0, 0.05) is 28.3 Å². The van der Waals surface area contributed by atoms with Crippen LogP contribution in [0.25, 0.3) is 27.9 Å². The normalized spacial score (nSPS) is 10.8. The first-order valence-electron chi connectivity index (χ1n) is 9.99. The number of carbonyl (C=O) groups is 1. The van der Waals surface area contributed by atoms with Gasteiger partial charge in [-0.1, -0.05) is 48.5 Å². The first kappa shape index (κ1) is 21.3. The number of nitrogens with zero attached hydrogens (tertiary/aromatic N) is 1. The number of ether oxygens (including phenoxy) is 2. The molecule has 32 heavy (non-hydrogen) atoms. The zero-order valence-electron chi connectivity index (χ0n) is 17.7. The predicted molar refractivity (Wildman–Crippen MR) is 130 cm³/mol. The lowest BCUT2D eigenvalue weighted by Gasteiger charge is -2.07. The molecule has 0 saturated carbocycles. The average Bonchev–Trinajstić information content (AvgIpc) is 3.34. The fourth-order valence-electron chi connectivity index (χ4n) is 3.16. The van der Waals surface area contributed by atoms with Crippen LogP contribution in [0.1, 0.15) is 5.56 Å². The summed E-state index contributed by atoms with van der Waals surface area (Å²) in [4.78, 5) is 17.0. The largest absolute Gasteiger partial charge is 0.493 e. The van der Waals surface area contributed by atoms with Crippen LogP contribution in [0, 0.1) is 0 Å². The van der Waals surface area contributed by atoms with Crippen LogP contribution >= 0.6 is 11.3 Å². The lowest BCUT2D eigenvalue weighted by atomic mass is 10.1. The number of hydrogen-bond acceptors (Lipinski definition) is 5. The van der Waals surface area contributed by atoms with Gasteiger partial charge in [0.15, 0.2) is 11.5 Å². The Balaban J connectivity index is 1.40. The van der Waals surface area contributed by atoms with Crippen molar-refractivity contribution in [3.63, 3.8) is 0 Å². The molecule has 1 N–H and O–H groups in total. The minimum absolute atomic E-state index is 0.215. The van der Waals surface area contributed by atoms with Crippen molar-refractivity contribution < 1.29 is 14.3 Å². The number of anilines is 1. The van der Waals surface area contributed by atoms with Crippen LogP contribution in [0.5, 0.6) is 11.5 Å². The summed E-state index contributed by atoms with van der Waals surface area (Å²) in [5.74, 6) is 1.04. The van der Waals surface area contributed by atoms with E-state index in [2.05, 4.69) is 17.4 Å². The van der Waals surface area contributed by atoms with Crippen molar-refractivity contribution >= 4 is 29.0 Å². The molecule has 0 aliphatic heterocycles. The molecule has 0 atom stereocenters. The van der Waals surface area contributed by atoms with E-state index < -0.39 is 0 Å². The summed E-state index contributed by atoms with van der Waals surface area (Å²) in [5, 5.41) is 5.90. The number of thiazole rings is 1. The lowest BCUT2D eigenvalue weighted by Crippen LogP contribution is -2.07. The average molecular weight is 443 g/mol. The summed E-state index contributed by atoms with van der Waals surface area (Å²) in [6, 6.07) is 23.2. The standard InChI is InChI=1S/C26H22N2O3S/c1-30-23-14-8-18(16-24(23)31-2)9-15-25(29)27-21-12-10-19(11-13-21)22-17-32-26(28-22)20-6-4-3-5-7-20/h3-17H,1-2H3,(H,27,29)/b15-9+. The third-order valence-electron chi connectivity index (χ3n) is 4.81. The monoisotopic (exact) mass is 442 g/mol. The number of methoxy groups -OCH3 is 2. The Kier molecular flexibility index (Phi) is 6.63. The maximum Gasteiger partial charge on any atom is 0.248 e. The molecule has 1 heterocycles. The molecule has 0 aliphatic rings. The van der Waals surface area contributed by atoms with E-state index in [4.69, 9.17) is 14.5 Å². The van der Waals surface area contributed by atoms with E-state index >= 15 is 0 Å². The van der Waals surface area contributed by atoms with Crippen LogP contribution < -0.4 is 14.8 Å². The van der Waals surface area contributed by atoms with E-state index in [1.807, 2.05) is 60.0 Å². The molecule has 4 rings (SSSR count). The van der Waals surface area contributed by atoms with Crippen LogP contribution in [0.3, 0.4) is 0 Å². The lowest BCUT2D eigenvalue weighted by molar-refractivity contribution is -0.111. The highest BCUT2D eigenvalue weighted by Gasteiger charge is 2.07. The van der Waals surface area contributed by atoms with E-state index in [9.17, 15) is 4.79 Å². The molecule has 5 nitrogen and oxygen atoms in total. The second kappa shape index (κ2) is 9.94. The molecule has 0 spiro atoms. The minimum atomic E-state index is -0.215. The molecule has 6 heteroatoms. The fraction of sp³-hybridized carbons (Fsp3) is 0.0769. The van der Waals surface area contributed by atoms with E-state index in [1.165, 1.54) is 6.08 Å². The first-order chi connectivity index (χ1) is 15.7. The number of aromatic nitrogens is 1. The van der Waals surface area contributed by atoms with Crippen LogP contribution in [-0.2, 0) is 4.79 Å². The van der Waals surface area contributed by atoms with Gasteiger partial charge in [-0.15, -0.1) is 11.3 Å². The van der Waals surface area contributed by atoms with Crippen molar-refractivity contribution in [1.29, 1.82) is 0 Å². The first-order valence-corrected chi connectivity index (χ1v) is 10.9. The molecule has 160 valence electrons. The van der Waals surface area contributed by atoms with Crippen molar-refractivity contribution in [2.75, 3.05) is 19.5 Å². The summed E-state index contributed by atoms with van der Waals surface area (Å²) in [6.07, 6.45) is 3.22. The Morgan fingerprint density at radius 1 is 0.906 bits per heavy atom. The number of carbonyl (C=O) groups excluding carboxylic acids is 1. The van der Waals surface area contributed by atoms with Crippen LogP contribution in [0.4, 0.5) is 5.69 Å². The zero-order valence-corrected chi connectivity index (χ0v) is 18.6. The highest BCUT2D eigenvalue weighted by Crippen LogP contribution is 2.30. The highest BCUT2D eigenvalue weighted by molar-refractivity contribution is 7.13. The summed E-state index contributed by atoms with van der Waals surface area (Å²) in [7, 11) is 3.17. The van der Waals surface area contributed by atoms with Gasteiger partial charge in [0.25, 0.3) is 0 Å². The van der Waals surface area contributed by atoms with Gasteiger partial charge >= 0.3 is 0 Å². The van der Waals surface area contributed by atoms with Gasteiger partial charge in [-0.2, -0.15) is 0 Å². The van der Waals surface area contributed by atoms with E-state index in [0.29, 0.717) is 17.2 Å². The molecule has 0 unspecified atom stereocenters. The Bertz CT molecular complexity index is 1230. The third-order valence-corrected chi connectivity index (χ3v) is 5.70. The van der Waals surface area contributed by atoms with Crippen molar-refractivity contribution in [2.45, 2.75) is 0 Å². The van der Waals surface area contributed by atoms with Gasteiger partial charge in [-0.05, 0) is 35.9 Å². The maximum absolute atomic E-state index is 12.3. The molecule has 1 aromatic heterocycles. The van der Waals surface area contributed by atoms with Crippen LogP contribution in [-0.4, -0.2) is 25.1 Å². The van der Waals surface area contributed by atoms with Gasteiger partial charge in [-0.3, -0.25) is 4.79 Å². The number of nitrogens with one attached hydrogen (secondary N) is 1. The van der Waals surface area contributed by atoms with Gasteiger partial charge in [0.2, 0.25) is 5.91 Å². The molecular weight excluding hydrogens is 420 g/mol. The summed E-state index contributed by atoms with van der Waals surface area (Å²) < 4.78 is 10.5. The van der Waals surface area contributed by atoms with E-state index in [0.717, 1.165) is 27.4 Å². The molecule has 0 bridgehead atoms. The molecule has 3 aromatic carbocycles. The second-order valence-corrected chi connectivity index (χ2v) is 7.78. The van der Waals surface area contributed by atoms with E-state index in [-0.39, 0.29) is 5.91 Å². The second-order valence-electron chi connectivity index (χ2n) is 6.92. The topological polar surface area (TPSA) is 60.5 Å². The smallest absolute Gasteiger partial charge is 0.248 e. The van der Waals surface area contributed by atoms with Crippen molar-refractivity contribution in [2.24, 2.45) is 0 Å². The molecule has 0 aliphatic carbocycles. The molecular formula is C26H22N2O3S. The highest BCUT2D eigenvalue weighted by atomic mass is 32.1. The Morgan fingerprint density at radius 2 is 1.66 bits per heavy atom. The molecule has 0 radical (unpaired) electrons. The number of benzene rings is 3. The SMILES string of the molecule is COc1ccc(/C=C/C(=O)Nc2ccc(-c3csc(-c4ccccc4)n3)cc2)cc1OC. The zero-order chi connectivity index (χ0) is 22.3. The molecule has 0 fully saturated rings. The van der Waals surface area contributed by atoms with Crippen LogP contribution in [0.15, 0.2) is 84.3 Å². The fourth-order valence-corrected chi connectivity index (χ4v) is 3.99. The van der Waals surface area contributed by atoms with Gasteiger partial charge < -0.3 is 14.8 Å². The summed E-state index contributed by atoms with van der Waals surface area (Å²) in [5.41, 5.74) is 4.58. The predicted octanol–water partition coefficient (Wildman–Crippen LogP) is 6.15. The third kappa shape index (κ3) is 5.04. The van der Waals surface area contributed by atoms with Crippen LogP contribution in [0.2, 0.25) is 0 Å². The quantitative estimate of drug-likeness (QED) is 0.349. The Labute approximate surface area is 191 Å². The van der Waals surface area contributed by atoms with Gasteiger partial charge in [-0.25, -0.2) is 4.98 Å². The van der Waals surface area contributed by atoms with Gasteiger partial charge in [0.1, 0.15) is 5.01 Å². The van der Waals surface area contributed by atoms with Crippen molar-refractivity contribution in [3.8, 4) is 33.3 Å². The summed E-state index contributed by atoms with van der Waals surface area (Å²) in [6.45, 7) is 0. The minimum Gasteiger partial charge on any atom is -0.493 e.